The summed E-state index contributed by atoms with van der Waals surface area (Å²) in [7, 11) is 1.65. The van der Waals surface area contributed by atoms with Crippen molar-refractivity contribution in [1.82, 2.24) is 5.32 Å². The van der Waals surface area contributed by atoms with Crippen molar-refractivity contribution in [1.29, 1.82) is 0 Å². The van der Waals surface area contributed by atoms with E-state index < -0.39 is 5.97 Å². The van der Waals surface area contributed by atoms with Crippen LogP contribution in [0.25, 0.3) is 0 Å². The summed E-state index contributed by atoms with van der Waals surface area (Å²) < 4.78 is 5.13. The van der Waals surface area contributed by atoms with Crippen molar-refractivity contribution < 1.29 is 19.4 Å². The van der Waals surface area contributed by atoms with Crippen LogP contribution in [0, 0.1) is 6.92 Å². The first-order valence-electron chi connectivity index (χ1n) is 6.44. The fraction of sp³-hybridized carbons (Fsp3) is 0.429. The van der Waals surface area contributed by atoms with Crippen LogP contribution in [0.4, 0.5) is 10.5 Å². The molecule has 2 rings (SSSR count). The molecule has 20 heavy (non-hydrogen) atoms. The van der Waals surface area contributed by atoms with Crippen molar-refractivity contribution in [3.8, 4) is 0 Å². The van der Waals surface area contributed by atoms with Crippen LogP contribution >= 0.6 is 0 Å². The summed E-state index contributed by atoms with van der Waals surface area (Å²) in [5, 5.41) is 14.5. The third-order valence-corrected chi connectivity index (χ3v) is 3.49. The van der Waals surface area contributed by atoms with Crippen molar-refractivity contribution >= 4 is 17.7 Å². The molecule has 1 fully saturated rings. The van der Waals surface area contributed by atoms with Crippen LogP contribution in [0.3, 0.4) is 0 Å². The second-order valence-corrected chi connectivity index (χ2v) is 4.96. The highest BCUT2D eigenvalue weighted by molar-refractivity contribution is 5.94. The molecule has 0 aromatic heterocycles. The highest BCUT2D eigenvalue weighted by Gasteiger charge is 2.30. The van der Waals surface area contributed by atoms with Crippen molar-refractivity contribution in [3.05, 3.63) is 29.3 Å². The lowest BCUT2D eigenvalue weighted by Crippen LogP contribution is -2.48. The number of carboxylic acids is 1. The first-order valence-corrected chi connectivity index (χ1v) is 6.44. The highest BCUT2D eigenvalue weighted by atomic mass is 16.5. The number of rotatable bonds is 4. The molecule has 0 unspecified atom stereocenters. The molecule has 1 aliphatic carbocycles. The van der Waals surface area contributed by atoms with Gasteiger partial charge in [-0.05, 0) is 37.5 Å². The minimum Gasteiger partial charge on any atom is -0.478 e. The molecule has 0 spiro atoms. The monoisotopic (exact) mass is 278 g/mol. The first-order chi connectivity index (χ1) is 9.49. The average Bonchev–Trinajstić information content (AvgIpc) is 2.35. The molecule has 0 heterocycles. The maximum Gasteiger partial charge on any atom is 0.336 e. The number of urea groups is 1. The Morgan fingerprint density at radius 2 is 2.05 bits per heavy atom. The van der Waals surface area contributed by atoms with Crippen molar-refractivity contribution in [2.45, 2.75) is 31.9 Å². The van der Waals surface area contributed by atoms with E-state index in [1.807, 2.05) is 0 Å². The van der Waals surface area contributed by atoms with Gasteiger partial charge in [-0.1, -0.05) is 6.07 Å². The number of carbonyl (C=O) groups is 2. The Kier molecular flexibility index (Phi) is 4.24. The number of amides is 2. The summed E-state index contributed by atoms with van der Waals surface area (Å²) >= 11 is 0. The third kappa shape index (κ3) is 3.27. The van der Waals surface area contributed by atoms with E-state index in [4.69, 9.17) is 9.84 Å². The zero-order valence-corrected chi connectivity index (χ0v) is 11.5. The van der Waals surface area contributed by atoms with Gasteiger partial charge in [-0.2, -0.15) is 0 Å². The van der Waals surface area contributed by atoms with Crippen LogP contribution in [0.5, 0.6) is 0 Å². The van der Waals surface area contributed by atoms with E-state index in [9.17, 15) is 9.59 Å². The lowest BCUT2D eigenvalue weighted by atomic mass is 9.89. The van der Waals surface area contributed by atoms with Gasteiger partial charge in [0.15, 0.2) is 0 Å². The second kappa shape index (κ2) is 5.92. The maximum atomic E-state index is 11.8. The van der Waals surface area contributed by atoms with Gasteiger partial charge < -0.3 is 20.5 Å². The molecular formula is C14H18N2O4. The summed E-state index contributed by atoms with van der Waals surface area (Å²) in [5.41, 5.74) is 1.31. The Hall–Kier alpha value is -2.08. The molecule has 2 amide bonds. The SMILES string of the molecule is COC1CC(NC(=O)Nc2ccc(C)c(C(=O)O)c2)C1. The molecule has 108 valence electrons. The van der Waals surface area contributed by atoms with Gasteiger partial charge in [0.25, 0.3) is 0 Å². The predicted octanol–water partition coefficient (Wildman–Crippen LogP) is 1.99. The number of aryl methyl sites for hydroxylation is 1. The Bertz CT molecular complexity index is 524. The summed E-state index contributed by atoms with van der Waals surface area (Å²) in [4.78, 5) is 22.8. The Morgan fingerprint density at radius 3 is 2.65 bits per heavy atom. The van der Waals surface area contributed by atoms with Gasteiger partial charge >= 0.3 is 12.0 Å². The smallest absolute Gasteiger partial charge is 0.336 e. The topological polar surface area (TPSA) is 87.7 Å². The molecule has 1 aromatic carbocycles. The number of carbonyl (C=O) groups excluding carboxylic acids is 1. The van der Waals surface area contributed by atoms with Crippen molar-refractivity contribution in [3.63, 3.8) is 0 Å². The van der Waals surface area contributed by atoms with Crippen LogP contribution in [-0.2, 0) is 4.74 Å². The highest BCUT2D eigenvalue weighted by Crippen LogP contribution is 2.22. The van der Waals surface area contributed by atoms with Crippen LogP contribution < -0.4 is 10.6 Å². The normalized spacial score (nSPS) is 20.9. The van der Waals surface area contributed by atoms with Gasteiger partial charge in [-0.3, -0.25) is 0 Å². The van der Waals surface area contributed by atoms with Gasteiger partial charge in [0.05, 0.1) is 11.7 Å². The van der Waals surface area contributed by atoms with Gasteiger partial charge in [0.2, 0.25) is 0 Å². The number of carboxylic acid groups (broad SMARTS) is 1. The first kappa shape index (κ1) is 14.3. The van der Waals surface area contributed by atoms with Crippen molar-refractivity contribution in [2.75, 3.05) is 12.4 Å². The Morgan fingerprint density at radius 1 is 1.35 bits per heavy atom. The van der Waals surface area contributed by atoms with Crippen LogP contribution in [0.2, 0.25) is 0 Å². The summed E-state index contributed by atoms with van der Waals surface area (Å²) in [6.45, 7) is 1.71. The van der Waals surface area contributed by atoms with E-state index in [0.29, 0.717) is 11.3 Å². The largest absolute Gasteiger partial charge is 0.478 e. The predicted molar refractivity (Wildman–Crippen MR) is 74.1 cm³/mol. The summed E-state index contributed by atoms with van der Waals surface area (Å²) in [6, 6.07) is 4.59. The number of anilines is 1. The molecule has 3 N–H and O–H groups in total. The van der Waals surface area contributed by atoms with E-state index in [1.165, 1.54) is 6.07 Å². The summed E-state index contributed by atoms with van der Waals surface area (Å²) in [5.74, 6) is -1.01. The molecule has 6 heteroatoms. The third-order valence-electron chi connectivity index (χ3n) is 3.49. The lowest BCUT2D eigenvalue weighted by molar-refractivity contribution is 0.0210. The summed E-state index contributed by atoms with van der Waals surface area (Å²) in [6.07, 6.45) is 1.83. The molecule has 0 atom stereocenters. The standard InChI is InChI=1S/C14H18N2O4/c1-8-3-4-9(7-12(8)13(17)18)15-14(19)16-10-5-11(6-10)20-2/h3-4,7,10-11H,5-6H2,1-2H3,(H,17,18)(H2,15,16,19). The zero-order chi connectivity index (χ0) is 14.7. The quantitative estimate of drug-likeness (QED) is 0.786. The van der Waals surface area contributed by atoms with Gasteiger partial charge in [-0.25, -0.2) is 9.59 Å². The fourth-order valence-corrected chi connectivity index (χ4v) is 2.16. The van der Waals surface area contributed by atoms with Crippen LogP contribution in [0.15, 0.2) is 18.2 Å². The molecule has 0 saturated heterocycles. The molecule has 0 radical (unpaired) electrons. The number of methoxy groups -OCH3 is 1. The zero-order valence-electron chi connectivity index (χ0n) is 11.5. The minimum absolute atomic E-state index is 0.115. The second-order valence-electron chi connectivity index (χ2n) is 4.96. The molecule has 0 aliphatic heterocycles. The molecule has 0 bridgehead atoms. The molecular weight excluding hydrogens is 260 g/mol. The number of hydrogen-bond donors (Lipinski definition) is 3. The Labute approximate surface area is 117 Å². The van der Waals surface area contributed by atoms with E-state index in [0.717, 1.165) is 12.8 Å². The molecule has 1 aromatic rings. The molecule has 1 aliphatic rings. The van der Waals surface area contributed by atoms with E-state index >= 15 is 0 Å². The maximum absolute atomic E-state index is 11.8. The number of hydrogen-bond acceptors (Lipinski definition) is 3. The number of aromatic carboxylic acids is 1. The van der Waals surface area contributed by atoms with Crippen molar-refractivity contribution in [2.24, 2.45) is 0 Å². The average molecular weight is 278 g/mol. The molecule has 6 nitrogen and oxygen atoms in total. The van der Waals surface area contributed by atoms with Crippen LogP contribution in [0.1, 0.15) is 28.8 Å². The van der Waals surface area contributed by atoms with E-state index in [2.05, 4.69) is 10.6 Å². The van der Waals surface area contributed by atoms with E-state index in [-0.39, 0.29) is 23.7 Å². The van der Waals surface area contributed by atoms with Gasteiger partial charge in [-0.15, -0.1) is 0 Å². The fourth-order valence-electron chi connectivity index (χ4n) is 2.16. The Balaban J connectivity index is 1.91. The van der Waals surface area contributed by atoms with Crippen LogP contribution in [-0.4, -0.2) is 36.4 Å². The molecule has 1 saturated carbocycles. The number of nitrogens with one attached hydrogen (secondary N) is 2. The van der Waals surface area contributed by atoms with Gasteiger partial charge in [0, 0.05) is 18.8 Å². The number of ether oxygens (including phenoxy) is 1. The number of benzene rings is 1. The van der Waals surface area contributed by atoms with Gasteiger partial charge in [0.1, 0.15) is 0 Å². The minimum atomic E-state index is -1.01. The lowest BCUT2D eigenvalue weighted by Gasteiger charge is -2.34. The van der Waals surface area contributed by atoms with E-state index in [1.54, 1.807) is 26.2 Å².